The number of pyridine rings is 1. The Morgan fingerprint density at radius 2 is 1.57 bits per heavy atom. The van der Waals surface area contributed by atoms with Crippen molar-refractivity contribution in [3.63, 3.8) is 0 Å². The number of benzene rings is 3. The molecule has 4 aromatic rings. The van der Waals surface area contributed by atoms with E-state index in [0.29, 0.717) is 0 Å². The van der Waals surface area contributed by atoms with Gasteiger partial charge in [-0.15, -0.1) is 0 Å². The van der Waals surface area contributed by atoms with Crippen LogP contribution in [-0.4, -0.2) is 38.9 Å². The molecular formula is C36H40IrNO2SeSi-. The smallest absolute Gasteiger partial charge is 0 e. The summed E-state index contributed by atoms with van der Waals surface area (Å²) in [5.74, 6) is 0.547. The Kier molecular flexibility index (Phi) is 10.5. The summed E-state index contributed by atoms with van der Waals surface area (Å²) in [5, 5.41) is 15.3. The van der Waals surface area contributed by atoms with Crippen LogP contribution in [0.2, 0.25) is 13.1 Å². The molecule has 3 aromatic carbocycles. The molecule has 0 fully saturated rings. The Morgan fingerprint density at radius 1 is 0.905 bits per heavy atom. The van der Waals surface area contributed by atoms with Gasteiger partial charge in [0.2, 0.25) is 0 Å². The first-order valence-electron chi connectivity index (χ1n) is 15.0. The molecule has 0 unspecified atom stereocenters. The van der Waals surface area contributed by atoms with E-state index in [-0.39, 0.29) is 58.4 Å². The summed E-state index contributed by atoms with van der Waals surface area (Å²) < 4.78 is 2.91. The van der Waals surface area contributed by atoms with Crippen LogP contribution in [0.3, 0.4) is 0 Å². The van der Waals surface area contributed by atoms with Crippen LogP contribution in [-0.2, 0) is 24.9 Å². The Bertz CT molecular complexity index is 1640. The molecule has 6 heteroatoms. The van der Waals surface area contributed by atoms with Crippen molar-refractivity contribution >= 4 is 58.9 Å². The van der Waals surface area contributed by atoms with Gasteiger partial charge < -0.3 is 5.11 Å². The third-order valence-electron chi connectivity index (χ3n) is 8.87. The number of nitrogens with zero attached hydrogens (tertiary/aromatic N) is 1. The van der Waals surface area contributed by atoms with E-state index in [2.05, 4.69) is 73.8 Å². The van der Waals surface area contributed by atoms with Crippen LogP contribution in [0.15, 0.2) is 72.6 Å². The van der Waals surface area contributed by atoms with Gasteiger partial charge in [0.15, 0.2) is 5.78 Å². The predicted octanol–water partition coefficient (Wildman–Crippen LogP) is 6.34. The van der Waals surface area contributed by atoms with Crippen molar-refractivity contribution in [3.05, 3.63) is 78.7 Å². The van der Waals surface area contributed by atoms with E-state index in [1.54, 1.807) is 5.19 Å². The van der Waals surface area contributed by atoms with E-state index in [1.165, 1.54) is 47.6 Å². The van der Waals surface area contributed by atoms with Crippen molar-refractivity contribution in [2.75, 3.05) is 0 Å². The van der Waals surface area contributed by atoms with Crippen molar-refractivity contribution in [1.82, 2.24) is 4.98 Å². The Morgan fingerprint density at radius 3 is 2.26 bits per heavy atom. The monoisotopic (exact) mass is 819 g/mol. The van der Waals surface area contributed by atoms with Gasteiger partial charge in [0.1, 0.15) is 0 Å². The van der Waals surface area contributed by atoms with E-state index < -0.39 is 8.07 Å². The number of aromatic nitrogens is 1. The van der Waals surface area contributed by atoms with E-state index in [1.807, 2.05) is 33.9 Å². The molecule has 0 saturated carbocycles. The summed E-state index contributed by atoms with van der Waals surface area (Å²) in [4.78, 5) is 16.6. The van der Waals surface area contributed by atoms with Crippen LogP contribution >= 0.6 is 0 Å². The zero-order chi connectivity index (χ0) is 29.3. The average molecular weight is 818 g/mol. The number of carbonyl (C=O) groups is 1. The number of aliphatic hydroxyl groups is 1. The van der Waals surface area contributed by atoms with Gasteiger partial charge in [0.25, 0.3) is 0 Å². The number of ketones is 1. The second-order valence-electron chi connectivity index (χ2n) is 11.6. The Hall–Kier alpha value is -2.33. The SMILES string of the molecule is CCC(CC)C(=O)/C=C(\O)C(CC)CC.C[Si]1(C)c2cccc3c2-c2c1ccnc2-c1[c-]c2ccccc2cc1[Se]3.[Ir]. The molecular weight excluding hydrogens is 778 g/mol. The molecule has 42 heavy (non-hydrogen) atoms. The first-order valence-corrected chi connectivity index (χ1v) is 19.7. The molecule has 221 valence electrons. The standard InChI is InChI=1S/C23H16NSeSi.C13H24O2.Ir/c1-26(2)19-9-5-8-17-21(19)22-20(26)10-11-24-23(22)16-12-14-6-3-4-7-15(14)13-18(16)25-17;1-5-10(6-2)12(14)9-13(15)11(7-3)8-4;/h3-11,13H,1-2H3;9-11,14H,5-8H2,1-4H3;/q-1;;/b;12-9-;. The summed E-state index contributed by atoms with van der Waals surface area (Å²) in [6, 6.07) is 23.9. The molecule has 2 aliphatic heterocycles. The van der Waals surface area contributed by atoms with Crippen molar-refractivity contribution < 1.29 is 30.0 Å². The summed E-state index contributed by atoms with van der Waals surface area (Å²) >= 11 is 0.272. The zero-order valence-corrected chi connectivity index (χ0v) is 30.5. The van der Waals surface area contributed by atoms with E-state index in [9.17, 15) is 9.90 Å². The van der Waals surface area contributed by atoms with Gasteiger partial charge in [-0.3, -0.25) is 4.79 Å². The van der Waals surface area contributed by atoms with Gasteiger partial charge in [-0.25, -0.2) is 0 Å². The molecule has 1 aromatic heterocycles. The van der Waals surface area contributed by atoms with Crippen LogP contribution in [0.5, 0.6) is 0 Å². The van der Waals surface area contributed by atoms with Crippen LogP contribution in [0.1, 0.15) is 53.4 Å². The molecule has 1 radical (unpaired) electrons. The van der Waals surface area contributed by atoms with Gasteiger partial charge in [-0.2, -0.15) is 0 Å². The summed E-state index contributed by atoms with van der Waals surface area (Å²) in [6.07, 6.45) is 6.92. The van der Waals surface area contributed by atoms with Gasteiger partial charge in [0, 0.05) is 38.0 Å². The second kappa shape index (κ2) is 13.5. The van der Waals surface area contributed by atoms with E-state index in [0.717, 1.165) is 31.4 Å². The molecule has 0 bridgehead atoms. The fourth-order valence-corrected chi connectivity index (χ4v) is 11.9. The number of hydrogen-bond acceptors (Lipinski definition) is 3. The molecule has 1 N–H and O–H groups in total. The number of aliphatic hydroxyl groups excluding tert-OH is 1. The van der Waals surface area contributed by atoms with Gasteiger partial charge in [-0.05, 0) is 25.7 Å². The quantitative estimate of drug-likeness (QED) is 0.0904. The Balaban J connectivity index is 0.000000221. The van der Waals surface area contributed by atoms with E-state index in [4.69, 9.17) is 4.98 Å². The van der Waals surface area contributed by atoms with E-state index >= 15 is 0 Å². The molecule has 0 aliphatic carbocycles. The first-order chi connectivity index (χ1) is 19.7. The third kappa shape index (κ3) is 5.90. The summed E-state index contributed by atoms with van der Waals surface area (Å²) in [7, 11) is -1.65. The van der Waals surface area contributed by atoms with Crippen LogP contribution < -0.4 is 19.3 Å². The second-order valence-corrected chi connectivity index (χ2v) is 18.2. The third-order valence-corrected chi connectivity index (χ3v) is 14.7. The number of allylic oxidation sites excluding steroid dienone is 2. The molecule has 3 heterocycles. The number of hydrogen-bond donors (Lipinski definition) is 1. The van der Waals surface area contributed by atoms with Crippen molar-refractivity contribution in [2.24, 2.45) is 11.8 Å². The number of carbonyl (C=O) groups excluding carboxylic acids is 1. The molecule has 0 saturated heterocycles. The van der Waals surface area contributed by atoms with Gasteiger partial charge >= 0.3 is 160 Å². The average Bonchev–Trinajstić information content (AvgIpc) is 3.12. The molecule has 0 amide bonds. The largest absolute Gasteiger partial charge is 0 e. The normalized spacial score (nSPS) is 14.0. The maximum absolute atomic E-state index is 11.7. The minimum atomic E-state index is -1.65. The molecule has 0 atom stereocenters. The maximum Gasteiger partial charge on any atom is 0 e. The first kappa shape index (κ1) is 32.6. The minimum Gasteiger partial charge on any atom is 0 e. The zero-order valence-electron chi connectivity index (χ0n) is 25.4. The molecule has 0 spiro atoms. The Labute approximate surface area is 271 Å². The van der Waals surface area contributed by atoms with Crippen LogP contribution in [0.25, 0.3) is 33.2 Å². The van der Waals surface area contributed by atoms with Crippen molar-refractivity contribution in [2.45, 2.75) is 66.5 Å². The maximum atomic E-state index is 11.7. The van der Waals surface area contributed by atoms with Crippen LogP contribution in [0.4, 0.5) is 0 Å². The molecule has 3 nitrogen and oxygen atoms in total. The fraction of sp³-hybridized carbons (Fsp3) is 0.333. The molecule has 2 aliphatic rings. The van der Waals surface area contributed by atoms with Crippen LogP contribution in [0, 0.1) is 17.9 Å². The van der Waals surface area contributed by atoms with Gasteiger partial charge in [0.05, 0.1) is 5.76 Å². The van der Waals surface area contributed by atoms with Crippen molar-refractivity contribution in [3.8, 4) is 22.4 Å². The fourth-order valence-electron chi connectivity index (χ4n) is 6.27. The van der Waals surface area contributed by atoms with Crippen molar-refractivity contribution in [1.29, 1.82) is 0 Å². The number of fused-ring (bicyclic) bond motifs is 3. The number of rotatable bonds is 7. The topological polar surface area (TPSA) is 50.2 Å². The van der Waals surface area contributed by atoms with Gasteiger partial charge in [-0.1, -0.05) is 27.7 Å². The minimum absolute atomic E-state index is 0. The predicted molar refractivity (Wildman–Crippen MR) is 177 cm³/mol. The summed E-state index contributed by atoms with van der Waals surface area (Å²) in [5.41, 5.74) is 5.27. The molecule has 6 rings (SSSR count). The summed E-state index contributed by atoms with van der Waals surface area (Å²) in [6.45, 7) is 13.0.